The molecule has 1 aromatic heterocycles. The van der Waals surface area contributed by atoms with Crippen LogP contribution < -0.4 is 21.9 Å². The Morgan fingerprint density at radius 2 is 1.86 bits per heavy atom. The van der Waals surface area contributed by atoms with Crippen molar-refractivity contribution in [2.75, 3.05) is 12.4 Å². The van der Waals surface area contributed by atoms with Crippen molar-refractivity contribution in [2.45, 2.75) is 19.9 Å². The van der Waals surface area contributed by atoms with Gasteiger partial charge in [0.15, 0.2) is 0 Å². The third-order valence-electron chi connectivity index (χ3n) is 4.47. The number of nitrogens with zero attached hydrogens (tertiary/aromatic N) is 1. The molecule has 144 valence electrons. The second kappa shape index (κ2) is 7.91. The number of amides is 2. The second-order valence-corrected chi connectivity index (χ2v) is 6.34. The van der Waals surface area contributed by atoms with Gasteiger partial charge in [-0.2, -0.15) is 0 Å². The van der Waals surface area contributed by atoms with Gasteiger partial charge in [-0.05, 0) is 36.8 Å². The quantitative estimate of drug-likeness (QED) is 0.621. The van der Waals surface area contributed by atoms with Crippen LogP contribution in [0.1, 0.15) is 22.3 Å². The highest BCUT2D eigenvalue weighted by Crippen LogP contribution is 2.17. The van der Waals surface area contributed by atoms with Gasteiger partial charge in [-0.15, -0.1) is 0 Å². The van der Waals surface area contributed by atoms with Crippen LogP contribution in [-0.2, 0) is 11.3 Å². The third kappa shape index (κ3) is 3.85. The number of aromatic nitrogens is 2. The summed E-state index contributed by atoms with van der Waals surface area (Å²) < 4.78 is 1.37. The van der Waals surface area contributed by atoms with E-state index in [1.54, 1.807) is 42.5 Å². The normalized spacial score (nSPS) is 10.6. The highest BCUT2D eigenvalue weighted by molar-refractivity contribution is 5.97. The molecule has 0 aliphatic rings. The Kier molecular flexibility index (Phi) is 5.39. The van der Waals surface area contributed by atoms with Crippen LogP contribution in [0.25, 0.3) is 10.9 Å². The number of nitrogens with one attached hydrogen (secondary N) is 3. The largest absolute Gasteiger partial charge is 0.355 e. The number of hydrogen-bond donors (Lipinski definition) is 3. The highest BCUT2D eigenvalue weighted by atomic mass is 16.2. The molecule has 0 saturated heterocycles. The lowest BCUT2D eigenvalue weighted by Gasteiger charge is -2.12. The average molecular weight is 380 g/mol. The Morgan fingerprint density at radius 1 is 1.11 bits per heavy atom. The average Bonchev–Trinajstić information content (AvgIpc) is 2.69. The summed E-state index contributed by atoms with van der Waals surface area (Å²) in [5.74, 6) is -0.555. The van der Waals surface area contributed by atoms with E-state index in [0.29, 0.717) is 22.2 Å². The van der Waals surface area contributed by atoms with Crippen molar-refractivity contribution >= 4 is 28.4 Å². The molecule has 0 saturated carbocycles. The molecular formula is C20H20N4O4. The van der Waals surface area contributed by atoms with Crippen LogP contribution in [0.15, 0.2) is 52.1 Å². The van der Waals surface area contributed by atoms with E-state index < -0.39 is 11.2 Å². The fourth-order valence-electron chi connectivity index (χ4n) is 2.93. The number of fused-ring (bicyclic) bond motifs is 1. The lowest BCUT2D eigenvalue weighted by molar-refractivity contribution is -0.116. The summed E-state index contributed by atoms with van der Waals surface area (Å²) in [7, 11) is 1.53. The first-order valence-electron chi connectivity index (χ1n) is 8.75. The van der Waals surface area contributed by atoms with Crippen molar-refractivity contribution < 1.29 is 9.59 Å². The molecule has 1 heterocycles. The molecule has 3 aromatic rings. The summed E-state index contributed by atoms with van der Waals surface area (Å²) in [5, 5.41) is 5.70. The topological polar surface area (TPSA) is 113 Å². The van der Waals surface area contributed by atoms with E-state index >= 15 is 0 Å². The highest BCUT2D eigenvalue weighted by Gasteiger charge is 2.11. The first kappa shape index (κ1) is 19.1. The first-order valence-corrected chi connectivity index (χ1v) is 8.75. The van der Waals surface area contributed by atoms with E-state index in [2.05, 4.69) is 15.6 Å². The van der Waals surface area contributed by atoms with E-state index in [4.69, 9.17) is 0 Å². The van der Waals surface area contributed by atoms with Gasteiger partial charge in [0, 0.05) is 31.3 Å². The zero-order valence-corrected chi connectivity index (χ0v) is 15.5. The molecule has 0 radical (unpaired) electrons. The summed E-state index contributed by atoms with van der Waals surface area (Å²) in [5.41, 5.74) is 1.24. The molecule has 8 nitrogen and oxygen atoms in total. The van der Waals surface area contributed by atoms with Gasteiger partial charge in [-0.3, -0.25) is 23.9 Å². The van der Waals surface area contributed by atoms with E-state index in [1.165, 1.54) is 11.6 Å². The fraction of sp³-hybridized carbons (Fsp3) is 0.200. The Labute approximate surface area is 160 Å². The number of benzene rings is 2. The van der Waals surface area contributed by atoms with Crippen LogP contribution in [0.2, 0.25) is 0 Å². The monoisotopic (exact) mass is 380 g/mol. The molecule has 0 aliphatic heterocycles. The Balaban J connectivity index is 1.79. The van der Waals surface area contributed by atoms with Crippen LogP contribution in [-0.4, -0.2) is 28.4 Å². The minimum absolute atomic E-state index is 0.0274. The number of aryl methyl sites for hydroxylation is 2. The number of aromatic amines is 1. The van der Waals surface area contributed by atoms with Crippen LogP contribution in [0.5, 0.6) is 0 Å². The SMILES string of the molecule is CNC(=O)c1ccc(C)c(NC(=O)CCn2c(=O)[nH]c(=O)c3ccccc32)c1. The van der Waals surface area contributed by atoms with Crippen LogP contribution in [0.4, 0.5) is 5.69 Å². The van der Waals surface area contributed by atoms with Gasteiger partial charge in [0.05, 0.1) is 10.9 Å². The van der Waals surface area contributed by atoms with Gasteiger partial charge in [-0.25, -0.2) is 4.79 Å². The molecule has 8 heteroatoms. The van der Waals surface area contributed by atoms with E-state index in [-0.39, 0.29) is 24.8 Å². The van der Waals surface area contributed by atoms with Gasteiger partial charge in [0.25, 0.3) is 11.5 Å². The number of para-hydroxylation sites is 1. The van der Waals surface area contributed by atoms with E-state index in [0.717, 1.165) is 5.56 Å². The van der Waals surface area contributed by atoms with Crippen molar-refractivity contribution in [3.63, 3.8) is 0 Å². The number of H-pyrrole nitrogens is 1. The molecule has 3 rings (SSSR count). The number of rotatable bonds is 5. The van der Waals surface area contributed by atoms with Gasteiger partial charge in [0.2, 0.25) is 5.91 Å². The Morgan fingerprint density at radius 3 is 2.61 bits per heavy atom. The molecule has 3 N–H and O–H groups in total. The standard InChI is InChI=1S/C20H20N4O4/c1-12-7-8-13(18(26)21-2)11-15(12)22-17(25)9-10-24-16-6-4-3-5-14(16)19(27)23-20(24)28/h3-8,11H,9-10H2,1-2H3,(H,21,26)(H,22,25)(H,23,27,28). The number of hydrogen-bond acceptors (Lipinski definition) is 4. The third-order valence-corrected chi connectivity index (χ3v) is 4.47. The Bertz CT molecular complexity index is 1180. The van der Waals surface area contributed by atoms with Gasteiger partial charge in [0.1, 0.15) is 0 Å². The van der Waals surface area contributed by atoms with Crippen molar-refractivity contribution in [1.29, 1.82) is 0 Å². The van der Waals surface area contributed by atoms with Crippen LogP contribution in [0, 0.1) is 6.92 Å². The molecule has 0 aliphatic carbocycles. The van der Waals surface area contributed by atoms with Gasteiger partial charge in [-0.1, -0.05) is 18.2 Å². The maximum absolute atomic E-state index is 12.4. The number of carbonyl (C=O) groups excluding carboxylic acids is 2. The number of carbonyl (C=O) groups is 2. The molecule has 0 fully saturated rings. The summed E-state index contributed by atoms with van der Waals surface area (Å²) in [6.45, 7) is 1.93. The minimum Gasteiger partial charge on any atom is -0.355 e. The van der Waals surface area contributed by atoms with Crippen molar-refractivity contribution in [1.82, 2.24) is 14.9 Å². The molecule has 28 heavy (non-hydrogen) atoms. The maximum Gasteiger partial charge on any atom is 0.328 e. The van der Waals surface area contributed by atoms with Crippen molar-refractivity contribution in [2.24, 2.45) is 0 Å². The lowest BCUT2D eigenvalue weighted by atomic mass is 10.1. The van der Waals surface area contributed by atoms with Gasteiger partial charge < -0.3 is 10.6 Å². The van der Waals surface area contributed by atoms with Crippen LogP contribution in [0.3, 0.4) is 0 Å². The zero-order chi connectivity index (χ0) is 20.3. The summed E-state index contributed by atoms with van der Waals surface area (Å²) in [6, 6.07) is 11.8. The zero-order valence-electron chi connectivity index (χ0n) is 15.5. The minimum atomic E-state index is -0.561. The molecule has 0 atom stereocenters. The Hall–Kier alpha value is -3.68. The predicted octanol–water partition coefficient (Wildman–Crippen LogP) is 1.39. The number of anilines is 1. The van der Waals surface area contributed by atoms with E-state index in [1.807, 2.05) is 6.92 Å². The molecule has 0 unspecified atom stereocenters. The molecular weight excluding hydrogens is 360 g/mol. The molecule has 0 spiro atoms. The van der Waals surface area contributed by atoms with Crippen molar-refractivity contribution in [3.8, 4) is 0 Å². The molecule has 2 aromatic carbocycles. The van der Waals surface area contributed by atoms with Crippen LogP contribution >= 0.6 is 0 Å². The second-order valence-electron chi connectivity index (χ2n) is 6.34. The van der Waals surface area contributed by atoms with E-state index in [9.17, 15) is 19.2 Å². The summed E-state index contributed by atoms with van der Waals surface area (Å²) in [6.07, 6.45) is 0.0274. The van der Waals surface area contributed by atoms with Gasteiger partial charge >= 0.3 is 5.69 Å². The predicted molar refractivity (Wildman–Crippen MR) is 107 cm³/mol. The summed E-state index contributed by atoms with van der Waals surface area (Å²) >= 11 is 0. The molecule has 0 bridgehead atoms. The van der Waals surface area contributed by atoms with Crippen molar-refractivity contribution in [3.05, 3.63) is 74.4 Å². The smallest absolute Gasteiger partial charge is 0.328 e. The maximum atomic E-state index is 12.4. The fourth-order valence-corrected chi connectivity index (χ4v) is 2.93. The lowest BCUT2D eigenvalue weighted by Crippen LogP contribution is -2.31. The summed E-state index contributed by atoms with van der Waals surface area (Å²) in [4.78, 5) is 50.5. The first-order chi connectivity index (χ1) is 13.4. The molecule has 2 amide bonds.